The van der Waals surface area contributed by atoms with Gasteiger partial charge in [0.25, 0.3) is 0 Å². The summed E-state index contributed by atoms with van der Waals surface area (Å²) in [6.07, 6.45) is 0. The first-order chi connectivity index (χ1) is 10.0. The minimum atomic E-state index is -0.125. The lowest BCUT2D eigenvalue weighted by molar-refractivity contribution is 0.299. The third-order valence-electron chi connectivity index (χ3n) is 3.09. The van der Waals surface area contributed by atoms with Crippen molar-refractivity contribution >= 4 is 23.2 Å². The summed E-state index contributed by atoms with van der Waals surface area (Å²) in [6, 6.07) is 10.9. The number of hydrogen-bond donors (Lipinski definition) is 1. The highest BCUT2D eigenvalue weighted by Crippen LogP contribution is 2.30. The Balaban J connectivity index is 2.19. The van der Waals surface area contributed by atoms with Crippen molar-refractivity contribution in [2.75, 3.05) is 7.11 Å². The molecule has 3 nitrogen and oxygen atoms in total. The second-order valence-corrected chi connectivity index (χ2v) is 5.54. The summed E-state index contributed by atoms with van der Waals surface area (Å²) in [7, 11) is 1.61. The van der Waals surface area contributed by atoms with Crippen LogP contribution in [-0.4, -0.2) is 7.11 Å². The SMILES string of the molecule is COc1ccc(C(C)N)c(OCc2ccc(Cl)c(Cl)c2)c1. The molecule has 0 fully saturated rings. The molecule has 2 aromatic rings. The van der Waals surface area contributed by atoms with E-state index in [9.17, 15) is 0 Å². The van der Waals surface area contributed by atoms with E-state index >= 15 is 0 Å². The van der Waals surface area contributed by atoms with Crippen LogP contribution in [0.25, 0.3) is 0 Å². The van der Waals surface area contributed by atoms with Gasteiger partial charge in [-0.2, -0.15) is 0 Å². The highest BCUT2D eigenvalue weighted by Gasteiger charge is 2.10. The van der Waals surface area contributed by atoms with Gasteiger partial charge in [0.15, 0.2) is 0 Å². The van der Waals surface area contributed by atoms with Crippen molar-refractivity contribution in [3.05, 3.63) is 57.6 Å². The molecule has 112 valence electrons. The molecule has 0 radical (unpaired) electrons. The zero-order valence-corrected chi connectivity index (χ0v) is 13.4. The number of halogens is 2. The number of methoxy groups -OCH3 is 1. The van der Waals surface area contributed by atoms with E-state index < -0.39 is 0 Å². The van der Waals surface area contributed by atoms with Crippen LogP contribution < -0.4 is 15.2 Å². The number of hydrogen-bond acceptors (Lipinski definition) is 3. The van der Waals surface area contributed by atoms with E-state index in [1.807, 2.05) is 31.2 Å². The first-order valence-electron chi connectivity index (χ1n) is 6.51. The fraction of sp³-hybridized carbons (Fsp3) is 0.250. The summed E-state index contributed by atoms with van der Waals surface area (Å²) in [5.74, 6) is 1.43. The standard InChI is InChI=1S/C16H17Cl2NO2/c1-10(19)13-5-4-12(20-2)8-16(13)21-9-11-3-6-14(17)15(18)7-11/h3-8,10H,9,19H2,1-2H3. The first-order valence-corrected chi connectivity index (χ1v) is 7.27. The third-order valence-corrected chi connectivity index (χ3v) is 3.83. The molecular formula is C16H17Cl2NO2. The second kappa shape index (κ2) is 7.03. The Morgan fingerprint density at radius 2 is 1.86 bits per heavy atom. The predicted molar refractivity (Wildman–Crippen MR) is 86.4 cm³/mol. The normalized spacial score (nSPS) is 12.0. The van der Waals surface area contributed by atoms with Crippen LogP contribution >= 0.6 is 23.2 Å². The molecule has 0 saturated carbocycles. The van der Waals surface area contributed by atoms with Crippen molar-refractivity contribution in [1.82, 2.24) is 0 Å². The van der Waals surface area contributed by atoms with Crippen LogP contribution in [-0.2, 0) is 6.61 Å². The Hall–Kier alpha value is -1.42. The summed E-state index contributed by atoms with van der Waals surface area (Å²) in [6.45, 7) is 2.29. The van der Waals surface area contributed by atoms with Gasteiger partial charge in [0.2, 0.25) is 0 Å². The second-order valence-electron chi connectivity index (χ2n) is 4.73. The van der Waals surface area contributed by atoms with E-state index in [0.29, 0.717) is 22.4 Å². The van der Waals surface area contributed by atoms with Gasteiger partial charge in [0.05, 0.1) is 17.2 Å². The lowest BCUT2D eigenvalue weighted by atomic mass is 10.1. The minimum absolute atomic E-state index is 0.125. The Morgan fingerprint density at radius 3 is 2.48 bits per heavy atom. The van der Waals surface area contributed by atoms with Crippen molar-refractivity contribution in [1.29, 1.82) is 0 Å². The van der Waals surface area contributed by atoms with E-state index in [1.165, 1.54) is 0 Å². The molecule has 0 saturated heterocycles. The van der Waals surface area contributed by atoms with Gasteiger partial charge in [0, 0.05) is 17.7 Å². The van der Waals surface area contributed by atoms with Crippen molar-refractivity contribution in [2.45, 2.75) is 19.6 Å². The Bertz CT molecular complexity index is 630. The van der Waals surface area contributed by atoms with Crippen molar-refractivity contribution < 1.29 is 9.47 Å². The van der Waals surface area contributed by atoms with Gasteiger partial charge in [-0.25, -0.2) is 0 Å². The maximum atomic E-state index is 6.00. The van der Waals surface area contributed by atoms with Gasteiger partial charge >= 0.3 is 0 Å². The average Bonchev–Trinajstić information content (AvgIpc) is 2.48. The topological polar surface area (TPSA) is 44.5 Å². The van der Waals surface area contributed by atoms with Gasteiger partial charge < -0.3 is 15.2 Å². The van der Waals surface area contributed by atoms with Gasteiger partial charge in [0.1, 0.15) is 18.1 Å². The van der Waals surface area contributed by atoms with E-state index in [-0.39, 0.29) is 6.04 Å². The van der Waals surface area contributed by atoms with Crippen LogP contribution in [0.4, 0.5) is 0 Å². The predicted octanol–water partition coefficient (Wildman–Crippen LogP) is 4.60. The molecule has 0 heterocycles. The maximum Gasteiger partial charge on any atom is 0.128 e. The first kappa shape index (κ1) is 16.0. The highest BCUT2D eigenvalue weighted by atomic mass is 35.5. The quantitative estimate of drug-likeness (QED) is 0.873. The highest BCUT2D eigenvalue weighted by molar-refractivity contribution is 6.42. The van der Waals surface area contributed by atoms with E-state index in [1.54, 1.807) is 19.2 Å². The lowest BCUT2D eigenvalue weighted by Crippen LogP contribution is -2.08. The molecule has 5 heteroatoms. The lowest BCUT2D eigenvalue weighted by Gasteiger charge is -2.15. The molecule has 0 aliphatic carbocycles. The van der Waals surface area contributed by atoms with Crippen LogP contribution in [0.2, 0.25) is 10.0 Å². The summed E-state index contributed by atoms with van der Waals surface area (Å²) in [5, 5.41) is 1.04. The Labute approximate surface area is 134 Å². The number of ether oxygens (including phenoxy) is 2. The van der Waals surface area contributed by atoms with Crippen LogP contribution in [0, 0.1) is 0 Å². The van der Waals surface area contributed by atoms with Gasteiger partial charge in [-0.05, 0) is 30.7 Å². The molecule has 21 heavy (non-hydrogen) atoms. The van der Waals surface area contributed by atoms with Crippen LogP contribution in [0.5, 0.6) is 11.5 Å². The van der Waals surface area contributed by atoms with Crippen LogP contribution in [0.3, 0.4) is 0 Å². The molecule has 0 amide bonds. The van der Waals surface area contributed by atoms with Crippen LogP contribution in [0.1, 0.15) is 24.1 Å². The summed E-state index contributed by atoms with van der Waals surface area (Å²) in [4.78, 5) is 0. The fourth-order valence-electron chi connectivity index (χ4n) is 1.93. The molecule has 1 atom stereocenters. The van der Waals surface area contributed by atoms with E-state index in [0.717, 1.165) is 16.9 Å². The van der Waals surface area contributed by atoms with Gasteiger partial charge in [-0.15, -0.1) is 0 Å². The molecule has 0 aromatic heterocycles. The summed E-state index contributed by atoms with van der Waals surface area (Å²) in [5.41, 5.74) is 7.82. The molecule has 0 bridgehead atoms. The van der Waals surface area contributed by atoms with Crippen molar-refractivity contribution in [3.8, 4) is 11.5 Å². The molecule has 0 spiro atoms. The number of nitrogens with two attached hydrogens (primary N) is 1. The number of rotatable bonds is 5. The zero-order chi connectivity index (χ0) is 15.4. The van der Waals surface area contributed by atoms with Gasteiger partial charge in [-0.1, -0.05) is 35.3 Å². The molecule has 2 rings (SSSR count). The fourth-order valence-corrected chi connectivity index (χ4v) is 2.25. The Kier molecular flexibility index (Phi) is 5.34. The molecule has 1 unspecified atom stereocenters. The molecule has 2 N–H and O–H groups in total. The largest absolute Gasteiger partial charge is 0.497 e. The van der Waals surface area contributed by atoms with Crippen LogP contribution in [0.15, 0.2) is 36.4 Å². The van der Waals surface area contributed by atoms with E-state index in [2.05, 4.69) is 0 Å². The molecule has 2 aromatic carbocycles. The van der Waals surface area contributed by atoms with E-state index in [4.69, 9.17) is 38.4 Å². The average molecular weight is 326 g/mol. The zero-order valence-electron chi connectivity index (χ0n) is 11.9. The molecule has 0 aliphatic heterocycles. The molecular weight excluding hydrogens is 309 g/mol. The smallest absolute Gasteiger partial charge is 0.128 e. The Morgan fingerprint density at radius 1 is 1.10 bits per heavy atom. The monoisotopic (exact) mass is 325 g/mol. The molecule has 0 aliphatic rings. The summed E-state index contributed by atoms with van der Waals surface area (Å²) >= 11 is 11.9. The summed E-state index contributed by atoms with van der Waals surface area (Å²) < 4.78 is 11.1. The van der Waals surface area contributed by atoms with Crippen molar-refractivity contribution in [2.24, 2.45) is 5.73 Å². The number of benzene rings is 2. The maximum absolute atomic E-state index is 6.00. The van der Waals surface area contributed by atoms with Crippen molar-refractivity contribution in [3.63, 3.8) is 0 Å². The minimum Gasteiger partial charge on any atom is -0.497 e. The third kappa shape index (κ3) is 4.03. The van der Waals surface area contributed by atoms with Gasteiger partial charge in [-0.3, -0.25) is 0 Å².